The van der Waals surface area contributed by atoms with Gasteiger partial charge in [-0.3, -0.25) is 9.58 Å². The third-order valence-corrected chi connectivity index (χ3v) is 4.14. The van der Waals surface area contributed by atoms with Gasteiger partial charge in [0.05, 0.1) is 18.5 Å². The van der Waals surface area contributed by atoms with Crippen molar-refractivity contribution >= 4 is 5.97 Å². The molecule has 112 valence electrons. The number of nitrogens with zero attached hydrogens (tertiary/aromatic N) is 3. The van der Waals surface area contributed by atoms with Gasteiger partial charge >= 0.3 is 5.97 Å². The molecule has 1 saturated heterocycles. The largest absolute Gasteiger partial charge is 0.462 e. The number of carbonyl (C=O) groups is 1. The van der Waals surface area contributed by atoms with Crippen molar-refractivity contribution in [2.24, 2.45) is 12.5 Å². The van der Waals surface area contributed by atoms with Crippen molar-refractivity contribution in [2.75, 3.05) is 19.7 Å². The SMILES string of the molecule is CCOC(=O)c1cnn(C)c1CN1CCC(C)(C)CC1. The molecule has 0 unspecified atom stereocenters. The summed E-state index contributed by atoms with van der Waals surface area (Å²) in [6.07, 6.45) is 4.00. The summed E-state index contributed by atoms with van der Waals surface area (Å²) in [4.78, 5) is 14.3. The van der Waals surface area contributed by atoms with Crippen molar-refractivity contribution in [1.29, 1.82) is 0 Å². The van der Waals surface area contributed by atoms with E-state index >= 15 is 0 Å². The van der Waals surface area contributed by atoms with E-state index in [1.165, 1.54) is 12.8 Å². The smallest absolute Gasteiger partial charge is 0.341 e. The maximum Gasteiger partial charge on any atom is 0.341 e. The maximum absolute atomic E-state index is 11.9. The van der Waals surface area contributed by atoms with Crippen LogP contribution in [0.1, 0.15) is 49.7 Å². The van der Waals surface area contributed by atoms with Crippen LogP contribution in [0.4, 0.5) is 0 Å². The number of aryl methyl sites for hydroxylation is 1. The van der Waals surface area contributed by atoms with Gasteiger partial charge in [-0.15, -0.1) is 0 Å². The van der Waals surface area contributed by atoms with Gasteiger partial charge < -0.3 is 4.74 Å². The van der Waals surface area contributed by atoms with Crippen LogP contribution in [-0.2, 0) is 18.3 Å². The molecule has 0 atom stereocenters. The number of ether oxygens (including phenoxy) is 1. The summed E-state index contributed by atoms with van der Waals surface area (Å²) < 4.78 is 6.88. The first-order valence-electron chi connectivity index (χ1n) is 7.33. The van der Waals surface area contributed by atoms with Gasteiger partial charge in [-0.25, -0.2) is 4.79 Å². The molecule has 2 heterocycles. The van der Waals surface area contributed by atoms with E-state index in [4.69, 9.17) is 4.74 Å². The number of aromatic nitrogens is 2. The molecule has 0 aliphatic carbocycles. The molecule has 20 heavy (non-hydrogen) atoms. The van der Waals surface area contributed by atoms with Crippen LogP contribution in [0.2, 0.25) is 0 Å². The Morgan fingerprint density at radius 3 is 2.65 bits per heavy atom. The predicted molar refractivity (Wildman–Crippen MR) is 77.5 cm³/mol. The van der Waals surface area contributed by atoms with Gasteiger partial charge in [0.15, 0.2) is 0 Å². The minimum absolute atomic E-state index is 0.270. The van der Waals surface area contributed by atoms with Crippen LogP contribution in [0.25, 0.3) is 0 Å². The molecule has 1 aliphatic rings. The molecule has 2 rings (SSSR count). The molecule has 1 fully saturated rings. The Balaban J connectivity index is 2.06. The van der Waals surface area contributed by atoms with Gasteiger partial charge in [0, 0.05) is 13.6 Å². The van der Waals surface area contributed by atoms with Gasteiger partial charge in [0.1, 0.15) is 5.56 Å². The van der Waals surface area contributed by atoms with Crippen molar-refractivity contribution < 1.29 is 9.53 Å². The molecule has 0 radical (unpaired) electrons. The monoisotopic (exact) mass is 279 g/mol. The summed E-state index contributed by atoms with van der Waals surface area (Å²) in [7, 11) is 1.88. The Hall–Kier alpha value is -1.36. The highest BCUT2D eigenvalue weighted by Crippen LogP contribution is 2.30. The minimum Gasteiger partial charge on any atom is -0.462 e. The van der Waals surface area contributed by atoms with E-state index in [1.54, 1.807) is 10.9 Å². The molecule has 1 aliphatic heterocycles. The van der Waals surface area contributed by atoms with Gasteiger partial charge in [0.25, 0.3) is 0 Å². The van der Waals surface area contributed by atoms with Crippen molar-refractivity contribution in [3.8, 4) is 0 Å². The zero-order valence-electron chi connectivity index (χ0n) is 13.0. The number of esters is 1. The third kappa shape index (κ3) is 3.39. The fraction of sp³-hybridized carbons (Fsp3) is 0.733. The molecule has 1 aromatic rings. The summed E-state index contributed by atoms with van der Waals surface area (Å²) in [5.74, 6) is -0.270. The van der Waals surface area contributed by atoms with Crippen LogP contribution in [-0.4, -0.2) is 40.3 Å². The third-order valence-electron chi connectivity index (χ3n) is 4.14. The predicted octanol–water partition coefficient (Wildman–Crippen LogP) is 2.22. The van der Waals surface area contributed by atoms with E-state index in [2.05, 4.69) is 23.8 Å². The van der Waals surface area contributed by atoms with E-state index in [0.29, 0.717) is 17.6 Å². The maximum atomic E-state index is 11.9. The fourth-order valence-corrected chi connectivity index (χ4v) is 2.56. The molecule has 0 amide bonds. The van der Waals surface area contributed by atoms with E-state index in [1.807, 2.05) is 14.0 Å². The lowest BCUT2D eigenvalue weighted by Crippen LogP contribution is -2.37. The zero-order chi connectivity index (χ0) is 14.8. The number of hydrogen-bond acceptors (Lipinski definition) is 4. The highest BCUT2D eigenvalue weighted by atomic mass is 16.5. The highest BCUT2D eigenvalue weighted by Gasteiger charge is 2.27. The first kappa shape index (κ1) is 15.0. The normalized spacial score (nSPS) is 19.0. The van der Waals surface area contributed by atoms with Gasteiger partial charge in [-0.2, -0.15) is 5.10 Å². The van der Waals surface area contributed by atoms with Crippen LogP contribution in [0.5, 0.6) is 0 Å². The molecular weight excluding hydrogens is 254 g/mol. The number of piperidine rings is 1. The zero-order valence-corrected chi connectivity index (χ0v) is 13.0. The molecule has 0 spiro atoms. The number of rotatable bonds is 4. The van der Waals surface area contributed by atoms with Gasteiger partial charge in [-0.05, 0) is 38.3 Å². The lowest BCUT2D eigenvalue weighted by Gasteiger charge is -2.36. The lowest BCUT2D eigenvalue weighted by molar-refractivity contribution is 0.0522. The van der Waals surface area contributed by atoms with Crippen molar-refractivity contribution in [2.45, 2.75) is 40.2 Å². The minimum atomic E-state index is -0.270. The molecule has 0 aromatic carbocycles. The topological polar surface area (TPSA) is 47.4 Å². The van der Waals surface area contributed by atoms with Crippen LogP contribution in [0.3, 0.4) is 0 Å². The average molecular weight is 279 g/mol. The summed E-state index contributed by atoms with van der Waals surface area (Å²) in [6.45, 7) is 9.75. The second-order valence-electron chi connectivity index (χ2n) is 6.29. The Labute approximate surface area is 120 Å². The Morgan fingerprint density at radius 2 is 2.05 bits per heavy atom. The summed E-state index contributed by atoms with van der Waals surface area (Å²) >= 11 is 0. The molecule has 0 saturated carbocycles. The van der Waals surface area contributed by atoms with E-state index in [-0.39, 0.29) is 5.97 Å². The average Bonchev–Trinajstić information content (AvgIpc) is 2.74. The molecular formula is C15H25N3O2. The summed E-state index contributed by atoms with van der Waals surface area (Å²) in [6, 6.07) is 0. The van der Waals surface area contributed by atoms with E-state index < -0.39 is 0 Å². The Bertz CT molecular complexity index is 469. The number of likely N-dealkylation sites (tertiary alicyclic amines) is 1. The first-order chi connectivity index (χ1) is 9.43. The van der Waals surface area contributed by atoms with Crippen LogP contribution in [0.15, 0.2) is 6.20 Å². The molecule has 5 heteroatoms. The second-order valence-corrected chi connectivity index (χ2v) is 6.29. The van der Waals surface area contributed by atoms with Crippen molar-refractivity contribution in [3.63, 3.8) is 0 Å². The molecule has 0 bridgehead atoms. The summed E-state index contributed by atoms with van der Waals surface area (Å²) in [5, 5.41) is 4.20. The van der Waals surface area contributed by atoms with Crippen molar-refractivity contribution in [3.05, 3.63) is 17.5 Å². The van der Waals surface area contributed by atoms with Crippen LogP contribution >= 0.6 is 0 Å². The number of hydrogen-bond donors (Lipinski definition) is 0. The quantitative estimate of drug-likeness (QED) is 0.793. The highest BCUT2D eigenvalue weighted by molar-refractivity contribution is 5.90. The van der Waals surface area contributed by atoms with Crippen LogP contribution < -0.4 is 0 Å². The van der Waals surface area contributed by atoms with Gasteiger partial charge in [0.2, 0.25) is 0 Å². The van der Waals surface area contributed by atoms with Gasteiger partial charge in [-0.1, -0.05) is 13.8 Å². The molecule has 5 nitrogen and oxygen atoms in total. The Morgan fingerprint density at radius 1 is 1.40 bits per heavy atom. The van der Waals surface area contributed by atoms with E-state index in [0.717, 1.165) is 25.3 Å². The molecule has 1 aromatic heterocycles. The first-order valence-corrected chi connectivity index (χ1v) is 7.33. The summed E-state index contributed by atoms with van der Waals surface area (Å²) in [5.41, 5.74) is 1.98. The van der Waals surface area contributed by atoms with E-state index in [9.17, 15) is 4.79 Å². The lowest BCUT2D eigenvalue weighted by atomic mass is 9.82. The van der Waals surface area contributed by atoms with Crippen LogP contribution in [0, 0.1) is 5.41 Å². The fourth-order valence-electron chi connectivity index (χ4n) is 2.56. The second kappa shape index (κ2) is 5.95. The standard InChI is InChI=1S/C15H25N3O2/c1-5-20-14(19)12-10-16-17(4)13(12)11-18-8-6-15(2,3)7-9-18/h10H,5-9,11H2,1-4H3. The Kier molecular flexibility index (Phi) is 4.48. The molecule has 0 N–H and O–H groups in total. The number of carbonyl (C=O) groups excluding carboxylic acids is 1. The van der Waals surface area contributed by atoms with Crippen molar-refractivity contribution in [1.82, 2.24) is 14.7 Å².